The summed E-state index contributed by atoms with van der Waals surface area (Å²) in [6.07, 6.45) is 4.00. The predicted molar refractivity (Wildman–Crippen MR) is 133 cm³/mol. The first-order valence-corrected chi connectivity index (χ1v) is 11.6. The molecule has 0 spiro atoms. The number of hydrogen-bond donors (Lipinski definition) is 3. The van der Waals surface area contributed by atoms with Gasteiger partial charge in [0.1, 0.15) is 0 Å². The van der Waals surface area contributed by atoms with Gasteiger partial charge in [0.05, 0.1) is 6.61 Å². The third-order valence-corrected chi connectivity index (χ3v) is 5.70. The molecule has 35 heavy (non-hydrogen) atoms. The molecule has 3 rings (SSSR count). The number of carbonyl (C=O) groups is 3. The van der Waals surface area contributed by atoms with Crippen LogP contribution in [0.15, 0.2) is 66.2 Å². The summed E-state index contributed by atoms with van der Waals surface area (Å²) in [7, 11) is 0. The van der Waals surface area contributed by atoms with Crippen LogP contribution in [0.4, 0.5) is 0 Å². The van der Waals surface area contributed by atoms with Crippen LogP contribution in [0.2, 0.25) is 0 Å². The Kier molecular flexibility index (Phi) is 11.7. The van der Waals surface area contributed by atoms with Crippen molar-refractivity contribution < 1.29 is 29.7 Å². The van der Waals surface area contributed by atoms with Gasteiger partial charge in [-0.3, -0.25) is 9.69 Å². The van der Waals surface area contributed by atoms with Crippen LogP contribution >= 0.6 is 0 Å². The highest BCUT2D eigenvalue weighted by Crippen LogP contribution is 2.22. The van der Waals surface area contributed by atoms with Crippen LogP contribution in [0.3, 0.4) is 0 Å². The minimum atomic E-state index is -1.82. The van der Waals surface area contributed by atoms with Crippen LogP contribution in [-0.4, -0.2) is 75.8 Å². The Bertz CT molecular complexity index is 958. The Morgan fingerprint density at radius 1 is 0.943 bits per heavy atom. The van der Waals surface area contributed by atoms with Gasteiger partial charge in [-0.1, -0.05) is 72.3 Å². The molecule has 0 unspecified atom stereocenters. The maximum Gasteiger partial charge on any atom is 0.414 e. The lowest BCUT2D eigenvalue weighted by Crippen LogP contribution is -2.43. The van der Waals surface area contributed by atoms with Crippen LogP contribution in [0.5, 0.6) is 0 Å². The number of carboxylic acids is 2. The third-order valence-electron chi connectivity index (χ3n) is 5.70. The normalized spacial score (nSPS) is 14.5. The summed E-state index contributed by atoms with van der Waals surface area (Å²) in [5.41, 5.74) is 3.68. The topological polar surface area (TPSA) is 118 Å². The number of nitrogens with zero attached hydrogens (tertiary/aromatic N) is 2. The third kappa shape index (κ3) is 10.1. The molecular weight excluding hydrogens is 448 g/mol. The van der Waals surface area contributed by atoms with E-state index in [1.54, 1.807) is 0 Å². The number of aliphatic carboxylic acids is 2. The predicted octanol–water partition coefficient (Wildman–Crippen LogP) is 2.98. The van der Waals surface area contributed by atoms with Crippen molar-refractivity contribution in [1.82, 2.24) is 9.80 Å². The fourth-order valence-corrected chi connectivity index (χ4v) is 4.02. The molecule has 0 aromatic heterocycles. The lowest BCUT2D eigenvalue weighted by molar-refractivity contribution is -0.159. The monoisotopic (exact) mass is 482 g/mol. The summed E-state index contributed by atoms with van der Waals surface area (Å²) in [4.78, 5) is 35.5. The summed E-state index contributed by atoms with van der Waals surface area (Å²) >= 11 is 0. The largest absolute Gasteiger partial charge is 0.473 e. The van der Waals surface area contributed by atoms with Crippen molar-refractivity contribution in [3.63, 3.8) is 0 Å². The Morgan fingerprint density at radius 3 is 2.00 bits per heavy atom. The number of piperidine rings is 1. The number of hydrogen-bond acceptors (Lipinski definition) is 5. The molecule has 3 N–H and O–H groups in total. The Hall–Kier alpha value is -3.49. The van der Waals surface area contributed by atoms with E-state index >= 15 is 0 Å². The van der Waals surface area contributed by atoms with Gasteiger partial charge in [-0.25, -0.2) is 9.59 Å². The number of benzene rings is 2. The molecule has 0 bridgehead atoms. The number of amides is 1. The molecule has 2 aromatic rings. The van der Waals surface area contributed by atoms with Crippen LogP contribution in [-0.2, 0) is 20.9 Å². The second-order valence-electron chi connectivity index (χ2n) is 8.53. The van der Waals surface area contributed by atoms with E-state index in [2.05, 4.69) is 42.2 Å². The van der Waals surface area contributed by atoms with Crippen LogP contribution in [0.25, 0.3) is 6.08 Å². The lowest BCUT2D eigenvalue weighted by atomic mass is 9.94. The number of aliphatic hydroxyl groups excluding tert-OH is 1. The highest BCUT2D eigenvalue weighted by atomic mass is 16.4. The first kappa shape index (κ1) is 27.8. The van der Waals surface area contributed by atoms with Gasteiger partial charge >= 0.3 is 11.9 Å². The van der Waals surface area contributed by atoms with Gasteiger partial charge in [0.2, 0.25) is 5.91 Å². The van der Waals surface area contributed by atoms with E-state index in [9.17, 15) is 9.90 Å². The van der Waals surface area contributed by atoms with E-state index in [1.165, 1.54) is 11.1 Å². The molecule has 0 atom stereocenters. The fourth-order valence-electron chi connectivity index (χ4n) is 4.02. The van der Waals surface area contributed by atoms with Crippen molar-refractivity contribution in [2.75, 3.05) is 32.8 Å². The molecule has 1 fully saturated rings. The van der Waals surface area contributed by atoms with Gasteiger partial charge in [-0.2, -0.15) is 0 Å². The zero-order valence-corrected chi connectivity index (χ0v) is 20.0. The molecule has 1 amide bonds. The molecule has 1 heterocycles. The van der Waals surface area contributed by atoms with Gasteiger partial charge in [-0.15, -0.1) is 0 Å². The van der Waals surface area contributed by atoms with Gasteiger partial charge in [0, 0.05) is 25.6 Å². The van der Waals surface area contributed by atoms with E-state index in [-0.39, 0.29) is 18.4 Å². The molecule has 0 radical (unpaired) electrons. The zero-order valence-electron chi connectivity index (χ0n) is 20.0. The number of carboxylic acid groups (broad SMARTS) is 2. The first-order valence-electron chi connectivity index (χ1n) is 11.6. The summed E-state index contributed by atoms with van der Waals surface area (Å²) in [5.74, 6) is -3.41. The van der Waals surface area contributed by atoms with Crippen LogP contribution in [0.1, 0.15) is 30.9 Å². The average molecular weight is 483 g/mol. The summed E-state index contributed by atoms with van der Waals surface area (Å²) < 4.78 is 0. The zero-order chi connectivity index (χ0) is 25.6. The number of rotatable bonds is 8. The van der Waals surface area contributed by atoms with Crippen LogP contribution in [0, 0.1) is 5.92 Å². The van der Waals surface area contributed by atoms with E-state index < -0.39 is 11.9 Å². The highest BCUT2D eigenvalue weighted by molar-refractivity contribution is 6.27. The smallest absolute Gasteiger partial charge is 0.414 e. The van der Waals surface area contributed by atoms with E-state index in [4.69, 9.17) is 19.8 Å². The number of carbonyl (C=O) groups excluding carboxylic acids is 1. The number of likely N-dealkylation sites (tertiary alicyclic amines) is 1. The van der Waals surface area contributed by atoms with E-state index in [0.29, 0.717) is 13.1 Å². The molecule has 0 aliphatic carbocycles. The maximum absolute atomic E-state index is 13.0. The second-order valence-corrected chi connectivity index (χ2v) is 8.53. The molecule has 1 saturated heterocycles. The van der Waals surface area contributed by atoms with Crippen molar-refractivity contribution >= 4 is 23.9 Å². The summed E-state index contributed by atoms with van der Waals surface area (Å²) in [5, 5.41) is 24.2. The SMILES string of the molecule is CC(=Cc1ccccc1)CN1CCC(C(=O)N(CCO)Cc2ccccc2)CC1.O=C(O)C(=O)O. The van der Waals surface area contributed by atoms with Gasteiger partial charge in [0.15, 0.2) is 0 Å². The van der Waals surface area contributed by atoms with Crippen molar-refractivity contribution in [3.05, 3.63) is 77.4 Å². The molecule has 1 aliphatic rings. The molecule has 8 nitrogen and oxygen atoms in total. The summed E-state index contributed by atoms with van der Waals surface area (Å²) in [6.45, 7) is 5.96. The van der Waals surface area contributed by atoms with E-state index in [0.717, 1.165) is 38.0 Å². The van der Waals surface area contributed by atoms with Gasteiger partial charge in [0.25, 0.3) is 0 Å². The minimum absolute atomic E-state index is 0.000887. The van der Waals surface area contributed by atoms with Crippen molar-refractivity contribution in [1.29, 1.82) is 0 Å². The lowest BCUT2D eigenvalue weighted by Gasteiger charge is -2.34. The Labute approximate surface area is 206 Å². The molecule has 8 heteroatoms. The first-order chi connectivity index (χ1) is 16.8. The van der Waals surface area contributed by atoms with Gasteiger partial charge in [-0.05, 0) is 44.0 Å². The van der Waals surface area contributed by atoms with Gasteiger partial charge < -0.3 is 20.2 Å². The Balaban J connectivity index is 0.000000641. The quantitative estimate of drug-likeness (QED) is 0.495. The summed E-state index contributed by atoms with van der Waals surface area (Å²) in [6, 6.07) is 20.4. The molecule has 1 aliphatic heterocycles. The molecule has 2 aromatic carbocycles. The number of aliphatic hydroxyl groups is 1. The van der Waals surface area contributed by atoms with Crippen molar-refractivity contribution in [2.24, 2.45) is 5.92 Å². The molecule has 0 saturated carbocycles. The van der Waals surface area contributed by atoms with Crippen molar-refractivity contribution in [2.45, 2.75) is 26.3 Å². The Morgan fingerprint density at radius 2 is 1.49 bits per heavy atom. The highest BCUT2D eigenvalue weighted by Gasteiger charge is 2.28. The molecular formula is C27H34N2O6. The fraction of sp³-hybridized carbons (Fsp3) is 0.370. The second kappa shape index (κ2) is 14.7. The van der Waals surface area contributed by atoms with E-state index in [1.807, 2.05) is 41.3 Å². The minimum Gasteiger partial charge on any atom is -0.473 e. The van der Waals surface area contributed by atoms with Crippen molar-refractivity contribution in [3.8, 4) is 0 Å². The maximum atomic E-state index is 13.0. The molecule has 188 valence electrons. The average Bonchev–Trinajstić information content (AvgIpc) is 2.85. The van der Waals surface area contributed by atoms with Crippen LogP contribution < -0.4 is 0 Å². The standard InChI is InChI=1S/C25H32N2O2.C2H2O4/c1-21(18-22-8-4-2-5-9-22)19-26-14-12-24(13-15-26)25(29)27(16-17-28)20-23-10-6-3-7-11-23;3-1(4)2(5)6/h2-11,18,24,28H,12-17,19-20H2,1H3;(H,3,4)(H,5,6).